The van der Waals surface area contributed by atoms with Crippen molar-refractivity contribution >= 4 is 24.8 Å². The fourth-order valence-corrected chi connectivity index (χ4v) is 4.61. The Hall–Kier alpha value is -1.66. The maximum atomic E-state index is 6.67. The minimum absolute atomic E-state index is 0. The second-order valence-corrected chi connectivity index (χ2v) is 7.45. The number of nitrogens with two attached hydrogens (primary N) is 1. The molecule has 160 valence electrons. The molecule has 0 bridgehead atoms. The lowest BCUT2D eigenvalue weighted by atomic mass is 9.78. The van der Waals surface area contributed by atoms with Gasteiger partial charge in [-0.2, -0.15) is 0 Å². The Bertz CT molecular complexity index is 834. The van der Waals surface area contributed by atoms with Gasteiger partial charge in [-0.05, 0) is 53.8 Å². The number of rotatable bonds is 4. The van der Waals surface area contributed by atoms with Crippen LogP contribution in [0.2, 0.25) is 0 Å². The highest BCUT2D eigenvalue weighted by Gasteiger charge is 2.38. The van der Waals surface area contributed by atoms with E-state index in [9.17, 15) is 0 Å². The molecule has 7 heteroatoms. The number of hydrogen-bond donors (Lipinski definition) is 1. The second-order valence-electron chi connectivity index (χ2n) is 7.45. The summed E-state index contributed by atoms with van der Waals surface area (Å²) in [5.41, 5.74) is 10.6. The molecule has 0 aliphatic carbocycles. The van der Waals surface area contributed by atoms with Crippen molar-refractivity contribution in [3.8, 4) is 17.2 Å². The highest BCUT2D eigenvalue weighted by Crippen LogP contribution is 2.44. The highest BCUT2D eigenvalue weighted by atomic mass is 35.5. The van der Waals surface area contributed by atoms with E-state index in [0.29, 0.717) is 12.0 Å². The summed E-state index contributed by atoms with van der Waals surface area (Å²) in [6.45, 7) is 2.01. The van der Waals surface area contributed by atoms with Crippen LogP contribution in [0.3, 0.4) is 0 Å². The molecule has 29 heavy (non-hydrogen) atoms. The zero-order valence-corrected chi connectivity index (χ0v) is 18.7. The van der Waals surface area contributed by atoms with Crippen molar-refractivity contribution in [2.24, 2.45) is 5.73 Å². The molecular weight excluding hydrogens is 411 g/mol. The average Bonchev–Trinajstić information content (AvgIpc) is 2.72. The summed E-state index contributed by atoms with van der Waals surface area (Å²) in [6.07, 6.45) is 1.95. The second kappa shape index (κ2) is 9.90. The van der Waals surface area contributed by atoms with Gasteiger partial charge in [0.2, 0.25) is 0 Å². The van der Waals surface area contributed by atoms with Crippen LogP contribution in [0.5, 0.6) is 17.2 Å². The molecule has 0 spiro atoms. The Morgan fingerprint density at radius 1 is 0.966 bits per heavy atom. The van der Waals surface area contributed by atoms with E-state index in [-0.39, 0.29) is 30.9 Å². The molecule has 0 radical (unpaired) electrons. The first-order valence-electron chi connectivity index (χ1n) is 9.53. The number of fused-ring (bicyclic) bond motifs is 3. The third-order valence-electron chi connectivity index (χ3n) is 6.08. The topological polar surface area (TPSA) is 57.0 Å². The average molecular weight is 441 g/mol. The van der Waals surface area contributed by atoms with Gasteiger partial charge in [0, 0.05) is 31.1 Å². The fourth-order valence-electron chi connectivity index (χ4n) is 4.61. The van der Waals surface area contributed by atoms with Gasteiger partial charge < -0.3 is 19.9 Å². The fraction of sp³-hybridized carbons (Fsp3) is 0.455. The Kier molecular flexibility index (Phi) is 8.06. The van der Waals surface area contributed by atoms with Gasteiger partial charge in [-0.1, -0.05) is 12.1 Å². The summed E-state index contributed by atoms with van der Waals surface area (Å²) in [4.78, 5) is 2.57. The summed E-state index contributed by atoms with van der Waals surface area (Å²) in [7, 11) is 5.09. The molecule has 3 atom stereocenters. The van der Waals surface area contributed by atoms with Gasteiger partial charge in [0.15, 0.2) is 11.5 Å². The number of methoxy groups -OCH3 is 3. The van der Waals surface area contributed by atoms with Crippen LogP contribution in [0, 0.1) is 0 Å². The Balaban J connectivity index is 0.00000150. The van der Waals surface area contributed by atoms with Crippen molar-refractivity contribution in [3.05, 3.63) is 53.1 Å². The predicted molar refractivity (Wildman–Crippen MR) is 120 cm³/mol. The highest BCUT2D eigenvalue weighted by molar-refractivity contribution is 5.85. The molecule has 0 aromatic heterocycles. The zero-order chi connectivity index (χ0) is 19.0. The van der Waals surface area contributed by atoms with E-state index >= 15 is 0 Å². The lowest BCUT2D eigenvalue weighted by molar-refractivity contribution is 0.109. The molecule has 0 unspecified atom stereocenters. The summed E-state index contributed by atoms with van der Waals surface area (Å²) in [5, 5.41) is 0. The smallest absolute Gasteiger partial charge is 0.161 e. The van der Waals surface area contributed by atoms with Crippen LogP contribution >= 0.6 is 24.8 Å². The van der Waals surface area contributed by atoms with E-state index in [2.05, 4.69) is 35.2 Å². The van der Waals surface area contributed by atoms with Gasteiger partial charge in [-0.25, -0.2) is 0 Å². The Morgan fingerprint density at radius 2 is 1.69 bits per heavy atom. The van der Waals surface area contributed by atoms with Crippen LogP contribution in [-0.4, -0.2) is 45.4 Å². The molecule has 5 nitrogen and oxygen atoms in total. The Morgan fingerprint density at radius 3 is 2.38 bits per heavy atom. The quantitative estimate of drug-likeness (QED) is 0.778. The van der Waals surface area contributed by atoms with Gasteiger partial charge in [-0.15, -0.1) is 24.8 Å². The van der Waals surface area contributed by atoms with Gasteiger partial charge in [0.1, 0.15) is 5.75 Å². The van der Waals surface area contributed by atoms with E-state index in [4.69, 9.17) is 19.9 Å². The monoisotopic (exact) mass is 440 g/mol. The molecule has 2 aromatic rings. The van der Waals surface area contributed by atoms with Gasteiger partial charge in [0.05, 0.1) is 21.3 Å². The SMILES string of the molecule is COc1cccc([C@@H]2CN3CCc4cc(OC)c(OC)cc4[C@H]3C[C@H]2N)c1.Cl.Cl. The molecule has 2 aliphatic heterocycles. The van der Waals surface area contributed by atoms with Crippen LogP contribution < -0.4 is 19.9 Å². The standard InChI is InChI=1S/C22H28N2O3.2ClH/c1-25-16-6-4-5-14(9-16)18-13-24-8-7-15-10-21(26-2)22(27-3)11-17(15)20(24)12-19(18)23;;/h4-6,9-11,18-20H,7-8,12-13,23H2,1-3H3;2*1H/t18-,19+,20+;;/m0../s1. The third-order valence-corrected chi connectivity index (χ3v) is 6.08. The van der Waals surface area contributed by atoms with Gasteiger partial charge >= 0.3 is 0 Å². The van der Waals surface area contributed by atoms with Crippen molar-refractivity contribution in [2.45, 2.75) is 30.8 Å². The Labute approximate surface area is 185 Å². The summed E-state index contributed by atoms with van der Waals surface area (Å²) >= 11 is 0. The molecule has 0 amide bonds. The van der Waals surface area contributed by atoms with Crippen molar-refractivity contribution in [1.82, 2.24) is 4.90 Å². The molecule has 4 rings (SSSR count). The maximum Gasteiger partial charge on any atom is 0.161 e. The molecule has 0 saturated carbocycles. The molecule has 2 heterocycles. The first-order valence-corrected chi connectivity index (χ1v) is 9.53. The maximum absolute atomic E-state index is 6.67. The van der Waals surface area contributed by atoms with Crippen molar-refractivity contribution in [2.75, 3.05) is 34.4 Å². The van der Waals surface area contributed by atoms with E-state index in [0.717, 1.165) is 43.2 Å². The van der Waals surface area contributed by atoms with E-state index in [1.807, 2.05) is 6.07 Å². The number of nitrogens with zero attached hydrogens (tertiary/aromatic N) is 1. The minimum atomic E-state index is 0. The summed E-state index contributed by atoms with van der Waals surface area (Å²) < 4.78 is 16.4. The van der Waals surface area contributed by atoms with Crippen LogP contribution in [0.1, 0.15) is 35.1 Å². The lowest BCUT2D eigenvalue weighted by Gasteiger charge is -2.46. The first-order chi connectivity index (χ1) is 13.1. The summed E-state index contributed by atoms with van der Waals surface area (Å²) in [5.74, 6) is 2.81. The van der Waals surface area contributed by atoms with Crippen molar-refractivity contribution < 1.29 is 14.2 Å². The largest absolute Gasteiger partial charge is 0.497 e. The van der Waals surface area contributed by atoms with Gasteiger partial charge in [0.25, 0.3) is 0 Å². The van der Waals surface area contributed by atoms with Crippen molar-refractivity contribution in [1.29, 1.82) is 0 Å². The van der Waals surface area contributed by atoms with Crippen LogP contribution in [-0.2, 0) is 6.42 Å². The number of hydrogen-bond acceptors (Lipinski definition) is 5. The van der Waals surface area contributed by atoms with Crippen molar-refractivity contribution in [3.63, 3.8) is 0 Å². The molecule has 2 N–H and O–H groups in total. The predicted octanol–water partition coefficient (Wildman–Crippen LogP) is 3.97. The number of ether oxygens (including phenoxy) is 3. The minimum Gasteiger partial charge on any atom is -0.497 e. The van der Waals surface area contributed by atoms with E-state index in [1.54, 1.807) is 21.3 Å². The third kappa shape index (κ3) is 4.43. The van der Waals surface area contributed by atoms with Gasteiger partial charge in [-0.3, -0.25) is 4.90 Å². The van der Waals surface area contributed by atoms with Crippen LogP contribution in [0.25, 0.3) is 0 Å². The lowest BCUT2D eigenvalue weighted by Crippen LogP contribution is -2.49. The number of piperidine rings is 1. The van der Waals surface area contributed by atoms with E-state index < -0.39 is 0 Å². The molecular formula is C22H30Cl2N2O3. The van der Waals surface area contributed by atoms with Crippen LogP contribution in [0.4, 0.5) is 0 Å². The number of halogens is 2. The number of benzene rings is 2. The summed E-state index contributed by atoms with van der Waals surface area (Å²) in [6, 6.07) is 13.0. The molecule has 2 aliphatic rings. The molecule has 1 fully saturated rings. The van der Waals surface area contributed by atoms with E-state index in [1.165, 1.54) is 16.7 Å². The molecule has 2 aromatic carbocycles. The van der Waals surface area contributed by atoms with Crippen LogP contribution in [0.15, 0.2) is 36.4 Å². The normalized spacial score (nSPS) is 23.0. The molecule has 1 saturated heterocycles. The first kappa shape index (κ1) is 23.6. The zero-order valence-electron chi connectivity index (χ0n) is 17.1.